The van der Waals surface area contributed by atoms with Crippen LogP contribution in [0.5, 0.6) is 0 Å². The van der Waals surface area contributed by atoms with Crippen molar-refractivity contribution >= 4 is 16.7 Å². The molecule has 0 aliphatic carbocycles. The molecular formula is C16H21FN4. The average Bonchev–Trinajstić information content (AvgIpc) is 2.53. The predicted molar refractivity (Wildman–Crippen MR) is 84.0 cm³/mol. The molecule has 112 valence electrons. The van der Waals surface area contributed by atoms with Crippen LogP contribution in [0.25, 0.3) is 10.9 Å². The Morgan fingerprint density at radius 3 is 2.67 bits per heavy atom. The van der Waals surface area contributed by atoms with Crippen LogP contribution in [0.4, 0.5) is 10.2 Å². The number of benzene rings is 1. The molecule has 0 saturated carbocycles. The number of rotatable bonds is 3. The molecule has 2 heterocycles. The van der Waals surface area contributed by atoms with E-state index in [9.17, 15) is 4.39 Å². The Balaban J connectivity index is 1.75. The maximum Gasteiger partial charge on any atom is 0.129 e. The molecule has 1 atom stereocenters. The fourth-order valence-electron chi connectivity index (χ4n) is 2.80. The van der Waals surface area contributed by atoms with Crippen LogP contribution in [0.15, 0.2) is 30.3 Å². The third kappa shape index (κ3) is 2.99. The van der Waals surface area contributed by atoms with Gasteiger partial charge < -0.3 is 10.6 Å². The summed E-state index contributed by atoms with van der Waals surface area (Å²) in [5.41, 5.74) is 6.56. The Bertz CT molecular complexity index is 623. The lowest BCUT2D eigenvalue weighted by atomic mass is 10.2. The van der Waals surface area contributed by atoms with Gasteiger partial charge in [0, 0.05) is 44.2 Å². The maximum atomic E-state index is 13.2. The summed E-state index contributed by atoms with van der Waals surface area (Å²) in [5.74, 6) is 0.746. The Hall–Kier alpha value is -1.72. The monoisotopic (exact) mass is 288 g/mol. The van der Waals surface area contributed by atoms with E-state index >= 15 is 0 Å². The van der Waals surface area contributed by atoms with Gasteiger partial charge in [0.1, 0.15) is 11.6 Å². The third-order valence-corrected chi connectivity index (χ3v) is 4.24. The summed E-state index contributed by atoms with van der Waals surface area (Å²) >= 11 is 0. The van der Waals surface area contributed by atoms with Gasteiger partial charge in [-0.3, -0.25) is 4.90 Å². The lowest BCUT2D eigenvalue weighted by Crippen LogP contribution is -2.51. The number of aromatic nitrogens is 1. The van der Waals surface area contributed by atoms with Gasteiger partial charge >= 0.3 is 0 Å². The highest BCUT2D eigenvalue weighted by molar-refractivity contribution is 5.80. The number of hydrogen-bond donors (Lipinski definition) is 1. The molecule has 3 rings (SSSR count). The van der Waals surface area contributed by atoms with Crippen molar-refractivity contribution in [3.63, 3.8) is 0 Å². The number of piperazine rings is 1. The van der Waals surface area contributed by atoms with Crippen LogP contribution in [0, 0.1) is 5.82 Å². The number of anilines is 1. The smallest absolute Gasteiger partial charge is 0.129 e. The zero-order valence-corrected chi connectivity index (χ0v) is 12.3. The Kier molecular flexibility index (Phi) is 4.03. The molecule has 1 aromatic carbocycles. The number of halogens is 1. The first-order valence-electron chi connectivity index (χ1n) is 7.43. The van der Waals surface area contributed by atoms with E-state index in [-0.39, 0.29) is 5.82 Å². The first-order chi connectivity index (χ1) is 10.2. The molecule has 2 aromatic rings. The highest BCUT2D eigenvalue weighted by atomic mass is 19.1. The number of pyridine rings is 1. The van der Waals surface area contributed by atoms with Crippen LogP contribution in [0.2, 0.25) is 0 Å². The van der Waals surface area contributed by atoms with Gasteiger partial charge in [-0.2, -0.15) is 0 Å². The zero-order valence-electron chi connectivity index (χ0n) is 12.3. The summed E-state index contributed by atoms with van der Waals surface area (Å²) in [4.78, 5) is 9.34. The second-order valence-corrected chi connectivity index (χ2v) is 5.61. The van der Waals surface area contributed by atoms with E-state index in [2.05, 4.69) is 21.7 Å². The van der Waals surface area contributed by atoms with Gasteiger partial charge in [0.2, 0.25) is 0 Å². The van der Waals surface area contributed by atoms with Gasteiger partial charge in [0.25, 0.3) is 0 Å². The standard InChI is InChI=1S/C16H21FN4/c1-12(11-18)20-6-8-21(9-7-20)16-5-2-13-10-14(17)3-4-15(13)19-16/h2-5,10,12H,6-9,11,18H2,1H3. The molecular weight excluding hydrogens is 267 g/mol. The zero-order chi connectivity index (χ0) is 14.8. The van der Waals surface area contributed by atoms with Gasteiger partial charge in [-0.25, -0.2) is 9.37 Å². The van der Waals surface area contributed by atoms with Crippen molar-refractivity contribution in [3.8, 4) is 0 Å². The normalized spacial score (nSPS) is 18.1. The average molecular weight is 288 g/mol. The minimum absolute atomic E-state index is 0.221. The van der Waals surface area contributed by atoms with Crippen molar-refractivity contribution < 1.29 is 4.39 Å². The van der Waals surface area contributed by atoms with Crippen LogP contribution < -0.4 is 10.6 Å². The largest absolute Gasteiger partial charge is 0.354 e. The second kappa shape index (κ2) is 5.95. The van der Waals surface area contributed by atoms with Crippen molar-refractivity contribution in [1.29, 1.82) is 0 Å². The lowest BCUT2D eigenvalue weighted by Gasteiger charge is -2.38. The molecule has 2 N–H and O–H groups in total. The molecule has 5 heteroatoms. The van der Waals surface area contributed by atoms with Crippen LogP contribution in [-0.2, 0) is 0 Å². The molecule has 0 spiro atoms. The molecule has 1 fully saturated rings. The molecule has 4 nitrogen and oxygen atoms in total. The summed E-state index contributed by atoms with van der Waals surface area (Å²) in [6.45, 7) is 6.76. The maximum absolute atomic E-state index is 13.2. The summed E-state index contributed by atoms with van der Waals surface area (Å²) in [7, 11) is 0. The Morgan fingerprint density at radius 1 is 1.19 bits per heavy atom. The van der Waals surface area contributed by atoms with Crippen LogP contribution in [-0.4, -0.2) is 48.6 Å². The topological polar surface area (TPSA) is 45.4 Å². The highest BCUT2D eigenvalue weighted by Crippen LogP contribution is 2.20. The summed E-state index contributed by atoms with van der Waals surface area (Å²) in [5, 5.41) is 0.842. The molecule has 0 bridgehead atoms. The van der Waals surface area contributed by atoms with Gasteiger partial charge in [-0.1, -0.05) is 0 Å². The van der Waals surface area contributed by atoms with Crippen LogP contribution >= 0.6 is 0 Å². The van der Waals surface area contributed by atoms with Crippen molar-refractivity contribution in [2.75, 3.05) is 37.6 Å². The summed E-state index contributed by atoms with van der Waals surface area (Å²) in [6.07, 6.45) is 0. The van der Waals surface area contributed by atoms with Gasteiger partial charge in [0.05, 0.1) is 5.52 Å². The Labute approximate surface area is 124 Å². The highest BCUT2D eigenvalue weighted by Gasteiger charge is 2.21. The number of fused-ring (bicyclic) bond motifs is 1. The minimum atomic E-state index is -0.221. The molecule has 0 amide bonds. The molecule has 1 aliphatic heterocycles. The minimum Gasteiger partial charge on any atom is -0.354 e. The van der Waals surface area contributed by atoms with Gasteiger partial charge in [0.15, 0.2) is 0 Å². The summed E-state index contributed by atoms with van der Waals surface area (Å²) in [6, 6.07) is 9.06. The van der Waals surface area contributed by atoms with E-state index in [0.29, 0.717) is 12.6 Å². The number of nitrogens with zero attached hydrogens (tertiary/aromatic N) is 3. The molecule has 1 aromatic heterocycles. The van der Waals surface area contributed by atoms with Crippen molar-refractivity contribution in [3.05, 3.63) is 36.1 Å². The molecule has 1 aliphatic rings. The second-order valence-electron chi connectivity index (χ2n) is 5.61. The molecule has 21 heavy (non-hydrogen) atoms. The first-order valence-corrected chi connectivity index (χ1v) is 7.43. The van der Waals surface area contributed by atoms with Crippen molar-refractivity contribution in [2.45, 2.75) is 13.0 Å². The molecule has 1 saturated heterocycles. The van der Waals surface area contributed by atoms with Crippen molar-refractivity contribution in [1.82, 2.24) is 9.88 Å². The quantitative estimate of drug-likeness (QED) is 0.936. The van der Waals surface area contributed by atoms with Crippen molar-refractivity contribution in [2.24, 2.45) is 5.73 Å². The van der Waals surface area contributed by atoms with E-state index in [1.807, 2.05) is 12.1 Å². The van der Waals surface area contributed by atoms with E-state index in [0.717, 1.165) is 42.9 Å². The molecule has 1 unspecified atom stereocenters. The lowest BCUT2D eigenvalue weighted by molar-refractivity contribution is 0.201. The molecule has 0 radical (unpaired) electrons. The van der Waals surface area contributed by atoms with Gasteiger partial charge in [-0.15, -0.1) is 0 Å². The summed E-state index contributed by atoms with van der Waals surface area (Å²) < 4.78 is 13.2. The van der Waals surface area contributed by atoms with Gasteiger partial charge in [-0.05, 0) is 37.3 Å². The fourth-order valence-corrected chi connectivity index (χ4v) is 2.80. The predicted octanol–water partition coefficient (Wildman–Crippen LogP) is 1.84. The van der Waals surface area contributed by atoms with Crippen LogP contribution in [0.1, 0.15) is 6.92 Å². The fraction of sp³-hybridized carbons (Fsp3) is 0.438. The van der Waals surface area contributed by atoms with E-state index in [1.54, 1.807) is 6.07 Å². The number of nitrogens with two attached hydrogens (primary N) is 1. The first kappa shape index (κ1) is 14.2. The van der Waals surface area contributed by atoms with E-state index in [4.69, 9.17) is 5.73 Å². The van der Waals surface area contributed by atoms with Crippen LogP contribution in [0.3, 0.4) is 0 Å². The Morgan fingerprint density at radius 2 is 1.95 bits per heavy atom. The third-order valence-electron chi connectivity index (χ3n) is 4.24. The van der Waals surface area contributed by atoms with E-state index < -0.39 is 0 Å². The van der Waals surface area contributed by atoms with E-state index in [1.165, 1.54) is 12.1 Å². The number of hydrogen-bond acceptors (Lipinski definition) is 4. The SMILES string of the molecule is CC(CN)N1CCN(c2ccc3cc(F)ccc3n2)CC1.